The molecule has 5 nitrogen and oxygen atoms in total. The summed E-state index contributed by atoms with van der Waals surface area (Å²) in [7, 11) is 0. The Balaban J connectivity index is 1.63. The highest BCUT2D eigenvalue weighted by Crippen LogP contribution is 2.31. The number of piperidine rings is 1. The number of anilines is 1. The normalized spacial score (nSPS) is 19.0. The number of fused-ring (bicyclic) bond motifs is 2. The molecule has 0 radical (unpaired) electrons. The number of hydrogen-bond acceptors (Lipinski definition) is 3. The molecule has 0 spiro atoms. The van der Waals surface area contributed by atoms with Crippen molar-refractivity contribution in [2.75, 3.05) is 18.5 Å². The molecule has 2 aromatic carbocycles. The minimum Gasteiger partial charge on any atom is -0.493 e. The number of halogens is 2. The summed E-state index contributed by atoms with van der Waals surface area (Å²) in [5.41, 5.74) is -0.0381. The molecule has 1 unspecified atom stereocenters. The summed E-state index contributed by atoms with van der Waals surface area (Å²) in [6.45, 7) is 1.20. The van der Waals surface area contributed by atoms with E-state index < -0.39 is 23.1 Å². The average Bonchev–Trinajstić information content (AvgIpc) is 2.67. The Kier molecular flexibility index (Phi) is 4.98. The quantitative estimate of drug-likeness (QED) is 0.849. The maximum Gasteiger partial charge on any atom is 0.261 e. The number of hydrogen-bond donors (Lipinski definition) is 1. The molecule has 1 saturated heterocycles. The first-order valence-electron chi connectivity index (χ1n) is 9.38. The Morgan fingerprint density at radius 2 is 1.89 bits per heavy atom. The summed E-state index contributed by atoms with van der Waals surface area (Å²) in [6, 6.07) is 8.05. The molecule has 1 atom stereocenters. The van der Waals surface area contributed by atoms with E-state index >= 15 is 0 Å². The Morgan fingerprint density at radius 3 is 2.68 bits per heavy atom. The van der Waals surface area contributed by atoms with Crippen molar-refractivity contribution in [2.45, 2.75) is 31.7 Å². The summed E-state index contributed by atoms with van der Waals surface area (Å²) in [5.74, 6) is -2.50. The van der Waals surface area contributed by atoms with Gasteiger partial charge in [0.15, 0.2) is 0 Å². The van der Waals surface area contributed by atoms with Gasteiger partial charge >= 0.3 is 0 Å². The molecule has 1 fully saturated rings. The molecular weight excluding hydrogens is 366 g/mol. The Bertz CT molecular complexity index is 912. The predicted molar refractivity (Wildman–Crippen MR) is 99.5 cm³/mol. The van der Waals surface area contributed by atoms with Gasteiger partial charge in [0.1, 0.15) is 22.9 Å². The minimum absolute atomic E-state index is 0.146. The molecule has 2 heterocycles. The topological polar surface area (TPSA) is 58.6 Å². The number of nitrogens with zero attached hydrogens (tertiary/aromatic N) is 1. The molecular formula is C21H20F2N2O3. The lowest BCUT2D eigenvalue weighted by Gasteiger charge is -2.37. The first-order valence-corrected chi connectivity index (χ1v) is 9.38. The summed E-state index contributed by atoms with van der Waals surface area (Å²) < 4.78 is 33.4. The van der Waals surface area contributed by atoms with Crippen molar-refractivity contribution >= 4 is 17.5 Å². The number of benzene rings is 2. The molecule has 2 amide bonds. The molecule has 0 bridgehead atoms. The van der Waals surface area contributed by atoms with E-state index in [0.717, 1.165) is 37.8 Å². The van der Waals surface area contributed by atoms with Crippen molar-refractivity contribution in [2.24, 2.45) is 0 Å². The highest BCUT2D eigenvalue weighted by atomic mass is 19.1. The van der Waals surface area contributed by atoms with Gasteiger partial charge in [0, 0.05) is 24.7 Å². The van der Waals surface area contributed by atoms with Gasteiger partial charge in [-0.15, -0.1) is 0 Å². The molecule has 2 aliphatic heterocycles. The van der Waals surface area contributed by atoms with E-state index in [4.69, 9.17) is 4.74 Å². The van der Waals surface area contributed by atoms with E-state index in [2.05, 4.69) is 5.32 Å². The number of nitrogens with one attached hydrogen (secondary N) is 1. The number of ether oxygens (including phenoxy) is 1. The third-order valence-electron chi connectivity index (χ3n) is 5.25. The van der Waals surface area contributed by atoms with Crippen LogP contribution in [-0.2, 0) is 0 Å². The molecule has 0 aromatic heterocycles. The van der Waals surface area contributed by atoms with E-state index in [1.807, 2.05) is 4.90 Å². The van der Waals surface area contributed by atoms with Crippen LogP contribution in [-0.4, -0.2) is 35.9 Å². The minimum atomic E-state index is -0.945. The van der Waals surface area contributed by atoms with Gasteiger partial charge in [0.25, 0.3) is 11.8 Å². The highest BCUT2D eigenvalue weighted by Gasteiger charge is 2.31. The number of amides is 2. The number of rotatable bonds is 2. The van der Waals surface area contributed by atoms with Crippen LogP contribution in [0, 0.1) is 11.6 Å². The Labute approximate surface area is 161 Å². The van der Waals surface area contributed by atoms with Gasteiger partial charge in [-0.1, -0.05) is 6.07 Å². The van der Waals surface area contributed by atoms with Gasteiger partial charge in [0.2, 0.25) is 0 Å². The predicted octanol–water partition coefficient (Wildman–Crippen LogP) is 3.99. The van der Waals surface area contributed by atoms with E-state index in [-0.39, 0.29) is 17.6 Å². The third-order valence-corrected chi connectivity index (χ3v) is 5.25. The lowest BCUT2D eigenvalue weighted by molar-refractivity contribution is 0.0548. The van der Waals surface area contributed by atoms with Crippen LogP contribution in [0.1, 0.15) is 46.4 Å². The van der Waals surface area contributed by atoms with Crippen LogP contribution in [0.4, 0.5) is 14.5 Å². The smallest absolute Gasteiger partial charge is 0.261 e. The molecule has 2 aromatic rings. The molecule has 0 saturated carbocycles. The van der Waals surface area contributed by atoms with Crippen LogP contribution in [0.25, 0.3) is 0 Å². The summed E-state index contributed by atoms with van der Waals surface area (Å²) >= 11 is 0. The highest BCUT2D eigenvalue weighted by molar-refractivity contribution is 6.06. The largest absolute Gasteiger partial charge is 0.493 e. The summed E-state index contributed by atoms with van der Waals surface area (Å²) in [6.07, 6.45) is 3.79. The fraction of sp³-hybridized carbons (Fsp3) is 0.333. The third kappa shape index (κ3) is 3.44. The molecule has 0 aliphatic carbocycles. The van der Waals surface area contributed by atoms with Crippen LogP contribution in [0.15, 0.2) is 36.4 Å². The van der Waals surface area contributed by atoms with Crippen LogP contribution in [0.5, 0.6) is 5.75 Å². The zero-order valence-corrected chi connectivity index (χ0v) is 15.2. The second-order valence-corrected chi connectivity index (χ2v) is 7.05. The second-order valence-electron chi connectivity index (χ2n) is 7.05. The van der Waals surface area contributed by atoms with Gasteiger partial charge in [0.05, 0.1) is 12.2 Å². The number of carbonyl (C=O) groups excluding carboxylic acids is 2. The zero-order valence-electron chi connectivity index (χ0n) is 15.2. The number of carbonyl (C=O) groups is 2. The van der Waals surface area contributed by atoms with Crippen LogP contribution in [0.2, 0.25) is 0 Å². The van der Waals surface area contributed by atoms with Crippen LogP contribution < -0.4 is 10.1 Å². The van der Waals surface area contributed by atoms with E-state index in [1.54, 1.807) is 12.1 Å². The lowest BCUT2D eigenvalue weighted by atomic mass is 9.97. The van der Waals surface area contributed by atoms with Gasteiger partial charge in [-0.2, -0.15) is 0 Å². The van der Waals surface area contributed by atoms with Crippen molar-refractivity contribution in [3.05, 3.63) is 59.2 Å². The summed E-state index contributed by atoms with van der Waals surface area (Å²) in [4.78, 5) is 27.3. The molecule has 2 aliphatic rings. The van der Waals surface area contributed by atoms with Crippen molar-refractivity contribution in [3.63, 3.8) is 0 Å². The SMILES string of the molecule is O=C(Nc1ccc2c(c1)C(=O)N1CCCCC1CCO2)c1c(F)cccc1F. The second kappa shape index (κ2) is 7.58. The van der Waals surface area contributed by atoms with Gasteiger partial charge in [-0.3, -0.25) is 9.59 Å². The van der Waals surface area contributed by atoms with Crippen molar-refractivity contribution in [3.8, 4) is 5.75 Å². The lowest BCUT2D eigenvalue weighted by Crippen LogP contribution is -2.45. The monoisotopic (exact) mass is 386 g/mol. The Morgan fingerprint density at radius 1 is 1.11 bits per heavy atom. The van der Waals surface area contributed by atoms with E-state index in [1.165, 1.54) is 12.1 Å². The maximum atomic E-state index is 13.8. The van der Waals surface area contributed by atoms with Crippen molar-refractivity contribution in [1.82, 2.24) is 4.90 Å². The van der Waals surface area contributed by atoms with E-state index in [9.17, 15) is 18.4 Å². The fourth-order valence-corrected chi connectivity index (χ4v) is 3.84. The molecule has 28 heavy (non-hydrogen) atoms. The Hall–Kier alpha value is -2.96. The van der Waals surface area contributed by atoms with Gasteiger partial charge in [-0.25, -0.2) is 8.78 Å². The summed E-state index contributed by atoms with van der Waals surface area (Å²) in [5, 5.41) is 2.47. The standard InChI is InChI=1S/C21H20F2N2O3/c22-16-5-3-6-17(23)19(16)20(26)24-13-7-8-18-15(12-13)21(27)25-10-2-1-4-14(25)9-11-28-18/h3,5-8,12,14H,1-2,4,9-11H2,(H,24,26). The first kappa shape index (κ1) is 18.4. The average molecular weight is 386 g/mol. The van der Waals surface area contributed by atoms with Crippen LogP contribution in [0.3, 0.4) is 0 Å². The van der Waals surface area contributed by atoms with Gasteiger partial charge < -0.3 is 15.0 Å². The van der Waals surface area contributed by atoms with Crippen molar-refractivity contribution < 1.29 is 23.1 Å². The fourth-order valence-electron chi connectivity index (χ4n) is 3.84. The first-order chi connectivity index (χ1) is 13.5. The molecule has 146 valence electrons. The maximum absolute atomic E-state index is 13.8. The van der Waals surface area contributed by atoms with E-state index in [0.29, 0.717) is 24.5 Å². The van der Waals surface area contributed by atoms with Gasteiger partial charge in [-0.05, 0) is 49.6 Å². The zero-order chi connectivity index (χ0) is 19.7. The van der Waals surface area contributed by atoms with Crippen LogP contribution >= 0.6 is 0 Å². The van der Waals surface area contributed by atoms with Crippen molar-refractivity contribution in [1.29, 1.82) is 0 Å². The molecule has 1 N–H and O–H groups in total. The molecule has 4 rings (SSSR count). The molecule has 7 heteroatoms.